The predicted molar refractivity (Wildman–Crippen MR) is 81.1 cm³/mol. The third-order valence-electron chi connectivity index (χ3n) is 2.54. The number of benzene rings is 1. The second-order valence-electron chi connectivity index (χ2n) is 4.83. The van der Waals surface area contributed by atoms with Crippen LogP contribution in [0.4, 0.5) is 0 Å². The van der Waals surface area contributed by atoms with Crippen molar-refractivity contribution in [1.29, 1.82) is 0 Å². The zero-order valence-electron chi connectivity index (χ0n) is 11.8. The van der Waals surface area contributed by atoms with Gasteiger partial charge in [-0.05, 0) is 45.0 Å². The van der Waals surface area contributed by atoms with Gasteiger partial charge in [-0.25, -0.2) is 4.98 Å². The van der Waals surface area contributed by atoms with Gasteiger partial charge in [-0.2, -0.15) is 0 Å². The van der Waals surface area contributed by atoms with Gasteiger partial charge >= 0.3 is 0 Å². The summed E-state index contributed by atoms with van der Waals surface area (Å²) in [6.07, 6.45) is 0. The van der Waals surface area contributed by atoms with Gasteiger partial charge in [-0.1, -0.05) is 0 Å². The van der Waals surface area contributed by atoms with Gasteiger partial charge in [0, 0.05) is 22.7 Å². The second kappa shape index (κ2) is 6.52. The van der Waals surface area contributed by atoms with Crippen molar-refractivity contribution in [2.45, 2.75) is 26.8 Å². The van der Waals surface area contributed by atoms with E-state index in [0.29, 0.717) is 5.75 Å². The quantitative estimate of drug-likeness (QED) is 0.921. The van der Waals surface area contributed by atoms with E-state index in [1.165, 1.54) is 0 Å². The molecular weight excluding hydrogens is 272 g/mol. The largest absolute Gasteiger partial charge is 0.484 e. The lowest BCUT2D eigenvalue weighted by Crippen LogP contribution is -2.34. The Hall–Kier alpha value is -1.88. The van der Waals surface area contributed by atoms with Gasteiger partial charge < -0.3 is 10.1 Å². The van der Waals surface area contributed by atoms with Crippen molar-refractivity contribution < 1.29 is 9.53 Å². The molecule has 5 heteroatoms. The number of aromatic nitrogens is 1. The fourth-order valence-electron chi connectivity index (χ4n) is 1.69. The van der Waals surface area contributed by atoms with Gasteiger partial charge in [0.1, 0.15) is 10.8 Å². The maximum atomic E-state index is 11.5. The van der Waals surface area contributed by atoms with Crippen molar-refractivity contribution >= 4 is 17.2 Å². The number of hydrogen-bond acceptors (Lipinski definition) is 4. The average Bonchev–Trinajstić information content (AvgIpc) is 2.83. The summed E-state index contributed by atoms with van der Waals surface area (Å²) in [5.41, 5.74) is 2.08. The van der Waals surface area contributed by atoms with E-state index in [1.54, 1.807) is 11.3 Å². The van der Waals surface area contributed by atoms with Crippen molar-refractivity contribution in [3.8, 4) is 16.3 Å². The molecule has 0 saturated heterocycles. The Bertz CT molecular complexity index is 576. The van der Waals surface area contributed by atoms with Crippen LogP contribution >= 0.6 is 11.3 Å². The highest BCUT2D eigenvalue weighted by molar-refractivity contribution is 7.13. The Morgan fingerprint density at radius 2 is 2.05 bits per heavy atom. The third kappa shape index (κ3) is 4.06. The van der Waals surface area contributed by atoms with E-state index in [2.05, 4.69) is 10.3 Å². The van der Waals surface area contributed by atoms with Crippen LogP contribution in [0.2, 0.25) is 0 Å². The zero-order chi connectivity index (χ0) is 14.5. The average molecular weight is 290 g/mol. The smallest absolute Gasteiger partial charge is 0.258 e. The second-order valence-corrected chi connectivity index (χ2v) is 5.69. The number of nitrogens with zero attached hydrogens (tertiary/aromatic N) is 1. The van der Waals surface area contributed by atoms with Gasteiger partial charge in [0.25, 0.3) is 5.91 Å². The minimum absolute atomic E-state index is 0.0356. The SMILES string of the molecule is Cc1csc(-c2ccc(OCC(=O)NC(C)C)cc2)n1. The first-order valence-electron chi connectivity index (χ1n) is 6.49. The first kappa shape index (κ1) is 14.5. The Balaban J connectivity index is 1.93. The van der Waals surface area contributed by atoms with Crippen LogP contribution < -0.4 is 10.1 Å². The first-order chi connectivity index (χ1) is 9.54. The number of nitrogens with one attached hydrogen (secondary N) is 1. The summed E-state index contributed by atoms with van der Waals surface area (Å²) in [5, 5.41) is 5.80. The Morgan fingerprint density at radius 1 is 1.35 bits per heavy atom. The number of rotatable bonds is 5. The molecule has 0 atom stereocenters. The maximum absolute atomic E-state index is 11.5. The monoisotopic (exact) mass is 290 g/mol. The molecule has 0 spiro atoms. The molecule has 0 radical (unpaired) electrons. The van der Waals surface area contributed by atoms with E-state index >= 15 is 0 Å². The van der Waals surface area contributed by atoms with Crippen LogP contribution in [0.5, 0.6) is 5.75 Å². The zero-order valence-corrected chi connectivity index (χ0v) is 12.7. The number of carbonyl (C=O) groups is 1. The molecule has 0 unspecified atom stereocenters. The molecule has 0 saturated carbocycles. The van der Waals surface area contributed by atoms with Gasteiger partial charge in [-0.15, -0.1) is 11.3 Å². The van der Waals surface area contributed by atoms with Crippen LogP contribution in [0.3, 0.4) is 0 Å². The topological polar surface area (TPSA) is 51.2 Å². The highest BCUT2D eigenvalue weighted by Gasteiger charge is 2.06. The number of thiazole rings is 1. The molecule has 4 nitrogen and oxygen atoms in total. The molecule has 106 valence electrons. The van der Waals surface area contributed by atoms with Crippen molar-refractivity contribution in [2.24, 2.45) is 0 Å². The summed E-state index contributed by atoms with van der Waals surface area (Å²) < 4.78 is 5.44. The molecule has 1 amide bonds. The predicted octanol–water partition coefficient (Wildman–Crippen LogP) is 3.02. The molecule has 20 heavy (non-hydrogen) atoms. The number of ether oxygens (including phenoxy) is 1. The first-order valence-corrected chi connectivity index (χ1v) is 7.37. The molecule has 1 aromatic heterocycles. The van der Waals surface area contributed by atoms with Crippen LogP contribution in [-0.2, 0) is 4.79 Å². The minimum atomic E-state index is -0.111. The molecule has 0 fully saturated rings. The molecule has 1 aromatic carbocycles. The number of amides is 1. The summed E-state index contributed by atoms with van der Waals surface area (Å²) in [7, 11) is 0. The lowest BCUT2D eigenvalue weighted by atomic mass is 10.2. The van der Waals surface area contributed by atoms with Crippen LogP contribution in [0.15, 0.2) is 29.6 Å². The highest BCUT2D eigenvalue weighted by Crippen LogP contribution is 2.25. The lowest BCUT2D eigenvalue weighted by molar-refractivity contribution is -0.123. The van der Waals surface area contributed by atoms with Crippen LogP contribution in [-0.4, -0.2) is 23.5 Å². The van der Waals surface area contributed by atoms with Crippen molar-refractivity contribution in [3.63, 3.8) is 0 Å². The lowest BCUT2D eigenvalue weighted by Gasteiger charge is -2.09. The summed E-state index contributed by atoms with van der Waals surface area (Å²) >= 11 is 1.62. The van der Waals surface area contributed by atoms with E-state index in [9.17, 15) is 4.79 Å². The van der Waals surface area contributed by atoms with Crippen LogP contribution in [0.1, 0.15) is 19.5 Å². The molecule has 2 aromatic rings. The van der Waals surface area contributed by atoms with Crippen LogP contribution in [0, 0.1) is 6.92 Å². The molecule has 1 heterocycles. The third-order valence-corrected chi connectivity index (χ3v) is 3.55. The van der Waals surface area contributed by atoms with E-state index in [0.717, 1.165) is 16.3 Å². The van der Waals surface area contributed by atoms with Gasteiger partial charge in [0.2, 0.25) is 0 Å². The summed E-state index contributed by atoms with van der Waals surface area (Å²) in [6, 6.07) is 7.74. The number of carbonyl (C=O) groups excluding carboxylic acids is 1. The van der Waals surface area contributed by atoms with E-state index in [4.69, 9.17) is 4.74 Å². The summed E-state index contributed by atoms with van der Waals surface area (Å²) in [6.45, 7) is 5.85. The molecule has 0 aliphatic heterocycles. The molecular formula is C15H18N2O2S. The molecule has 0 aliphatic carbocycles. The molecule has 0 aliphatic rings. The van der Waals surface area contributed by atoms with E-state index < -0.39 is 0 Å². The van der Waals surface area contributed by atoms with Gasteiger partial charge in [0.05, 0.1) is 0 Å². The van der Waals surface area contributed by atoms with Gasteiger partial charge in [-0.3, -0.25) is 4.79 Å². The van der Waals surface area contributed by atoms with Crippen molar-refractivity contribution in [1.82, 2.24) is 10.3 Å². The summed E-state index contributed by atoms with van der Waals surface area (Å²) in [5.74, 6) is 0.570. The molecule has 0 bridgehead atoms. The Kier molecular flexibility index (Phi) is 4.74. The number of hydrogen-bond donors (Lipinski definition) is 1. The standard InChI is InChI=1S/C15H18N2O2S/c1-10(2)16-14(18)8-19-13-6-4-12(5-7-13)15-17-11(3)9-20-15/h4-7,9-10H,8H2,1-3H3,(H,16,18). The van der Waals surface area contributed by atoms with Gasteiger partial charge in [0.15, 0.2) is 6.61 Å². The molecule has 1 N–H and O–H groups in total. The summed E-state index contributed by atoms with van der Waals surface area (Å²) in [4.78, 5) is 15.9. The van der Waals surface area contributed by atoms with Crippen molar-refractivity contribution in [3.05, 3.63) is 35.3 Å². The Morgan fingerprint density at radius 3 is 2.60 bits per heavy atom. The molecule has 2 rings (SSSR count). The fraction of sp³-hybridized carbons (Fsp3) is 0.333. The van der Waals surface area contributed by atoms with Crippen LogP contribution in [0.25, 0.3) is 10.6 Å². The normalized spacial score (nSPS) is 10.6. The highest BCUT2D eigenvalue weighted by atomic mass is 32.1. The number of aryl methyl sites for hydroxylation is 1. The minimum Gasteiger partial charge on any atom is -0.484 e. The fourth-order valence-corrected chi connectivity index (χ4v) is 2.50. The Labute approximate surface area is 122 Å². The van der Waals surface area contributed by atoms with E-state index in [1.807, 2.05) is 50.4 Å². The maximum Gasteiger partial charge on any atom is 0.258 e. The van der Waals surface area contributed by atoms with E-state index in [-0.39, 0.29) is 18.6 Å². The van der Waals surface area contributed by atoms with Crippen molar-refractivity contribution in [2.75, 3.05) is 6.61 Å².